The summed E-state index contributed by atoms with van der Waals surface area (Å²) >= 11 is 14.0. The van der Waals surface area contributed by atoms with Gasteiger partial charge in [0.1, 0.15) is 28.1 Å². The Morgan fingerprint density at radius 2 is 1.75 bits per heavy atom. The smallest absolute Gasteiger partial charge is 0.415 e. The average molecular weight is 841 g/mol. The van der Waals surface area contributed by atoms with E-state index in [2.05, 4.69) is 9.64 Å². The van der Waals surface area contributed by atoms with Crippen molar-refractivity contribution in [3.63, 3.8) is 0 Å². The number of carboxylic acid groups (broad SMARTS) is 1. The third-order valence-electron chi connectivity index (χ3n) is 9.04. The normalized spacial score (nSPS) is 17.8. The number of piperidine rings is 3. The minimum Gasteiger partial charge on any atom is -0.554 e. The molecule has 0 saturated carbocycles. The minimum absolute atomic E-state index is 0.00603. The second-order valence-corrected chi connectivity index (χ2v) is 15.0. The lowest BCUT2D eigenvalue weighted by molar-refractivity contribution is -0.904. The maximum Gasteiger partial charge on any atom is 0.415 e. The SMILES string of the molecule is CC(C)Oc1cc([C@H](Cc2c(Cl)c[n+](O)cc2Cl)OC(=O)c2csc(CN(C(=O)O[C@H]3CN4CCC3CC4)c3ccccc3F)c2)ccc1OC(F)F.O=C[O-]. The maximum atomic E-state index is 15.1. The van der Waals surface area contributed by atoms with Crippen molar-refractivity contribution in [2.45, 2.75) is 64.6 Å². The standard InChI is InChI=1S/C37H37Cl2F3N3O7S.CH2O2/c1-21(2)49-33-14-23(7-8-31(33)51-36(41)42)32(15-26-27(38)17-44(48)18-28(26)39)50-35(46)24-13-25(53-20-24)16-45(30-6-4-3-5-29(30)40)37(47)52-34-19-43-11-9-22(34)10-12-43;2-1-3/h3-8,13-14,17-18,20-22,32,34,36,48H,9-12,15-16,19H2,1-2H3;1H,(H,2,3)/q+1;/p-1/t32-,34-;/m0./s1. The summed E-state index contributed by atoms with van der Waals surface area (Å²) in [5.41, 5.74) is 0.865. The number of alkyl halides is 2. The van der Waals surface area contributed by atoms with Gasteiger partial charge in [-0.15, -0.1) is 11.3 Å². The Hall–Kier alpha value is -4.77. The van der Waals surface area contributed by atoms with Crippen LogP contribution in [0.15, 0.2) is 66.3 Å². The van der Waals surface area contributed by atoms with E-state index in [1.165, 1.54) is 65.0 Å². The molecule has 0 aliphatic carbocycles. The number of amides is 1. The lowest BCUT2D eigenvalue weighted by atomic mass is 9.86. The van der Waals surface area contributed by atoms with Gasteiger partial charge < -0.3 is 28.8 Å². The molecule has 0 spiro atoms. The number of para-hydroxylation sites is 1. The van der Waals surface area contributed by atoms with Gasteiger partial charge in [-0.1, -0.05) is 41.4 Å². The van der Waals surface area contributed by atoms with Gasteiger partial charge in [0.25, 0.3) is 0 Å². The summed E-state index contributed by atoms with van der Waals surface area (Å²) in [4.78, 5) is 39.7. The molecule has 3 aliphatic heterocycles. The highest BCUT2D eigenvalue weighted by Crippen LogP contribution is 2.37. The highest BCUT2D eigenvalue weighted by molar-refractivity contribution is 7.10. The van der Waals surface area contributed by atoms with Gasteiger partial charge in [-0.05, 0) is 81.6 Å². The van der Waals surface area contributed by atoms with Crippen LogP contribution in [0, 0.1) is 11.7 Å². The largest absolute Gasteiger partial charge is 0.554 e. The van der Waals surface area contributed by atoms with E-state index in [4.69, 9.17) is 47.3 Å². The van der Waals surface area contributed by atoms with Gasteiger partial charge >= 0.3 is 18.7 Å². The Kier molecular flexibility index (Phi) is 14.7. The van der Waals surface area contributed by atoms with Crippen LogP contribution in [0.4, 0.5) is 23.7 Å². The molecule has 5 heterocycles. The monoisotopic (exact) mass is 839 g/mol. The summed E-state index contributed by atoms with van der Waals surface area (Å²) in [6.07, 6.45) is 1.71. The number of fused-ring (bicyclic) bond motifs is 3. The van der Waals surface area contributed by atoms with Gasteiger partial charge in [0.15, 0.2) is 11.5 Å². The van der Waals surface area contributed by atoms with Gasteiger partial charge in [0.05, 0.1) is 23.9 Å². The van der Waals surface area contributed by atoms with E-state index in [9.17, 15) is 23.6 Å². The maximum absolute atomic E-state index is 15.1. The molecule has 18 heteroatoms. The van der Waals surface area contributed by atoms with Crippen molar-refractivity contribution >= 4 is 58.8 Å². The van der Waals surface area contributed by atoms with Crippen LogP contribution in [0.25, 0.3) is 0 Å². The topological polar surface area (TPSA) is 142 Å². The number of ether oxygens (including phenoxy) is 4. The molecule has 2 atom stereocenters. The lowest BCUT2D eigenvalue weighted by Crippen LogP contribution is -2.53. The van der Waals surface area contributed by atoms with E-state index in [1.807, 2.05) is 0 Å². The van der Waals surface area contributed by atoms with Crippen LogP contribution in [0.1, 0.15) is 59.2 Å². The van der Waals surface area contributed by atoms with Gasteiger partial charge in [-0.2, -0.15) is 8.78 Å². The van der Waals surface area contributed by atoms with Crippen LogP contribution in [-0.2, 0) is 27.2 Å². The number of esters is 1. The van der Waals surface area contributed by atoms with Crippen LogP contribution < -0.4 is 24.2 Å². The fraction of sp³-hybridized carbons (Fsp3) is 0.368. The number of carbonyl (C=O) groups excluding carboxylic acids is 3. The molecule has 56 heavy (non-hydrogen) atoms. The summed E-state index contributed by atoms with van der Waals surface area (Å²) in [5, 5.41) is 19.9. The summed E-state index contributed by atoms with van der Waals surface area (Å²) in [7, 11) is 0. The van der Waals surface area contributed by atoms with Gasteiger partial charge in [0.2, 0.25) is 12.4 Å². The number of anilines is 1. The van der Waals surface area contributed by atoms with Crippen molar-refractivity contribution < 1.29 is 61.5 Å². The second-order valence-electron chi connectivity index (χ2n) is 13.2. The summed E-state index contributed by atoms with van der Waals surface area (Å²) < 4.78 is 64.5. The summed E-state index contributed by atoms with van der Waals surface area (Å²) in [6, 6.07) is 11.6. The molecule has 0 unspecified atom stereocenters. The van der Waals surface area contributed by atoms with Crippen LogP contribution in [0.5, 0.6) is 11.5 Å². The first-order valence-corrected chi connectivity index (χ1v) is 19.0. The molecule has 3 aliphatic rings. The minimum atomic E-state index is -3.11. The highest BCUT2D eigenvalue weighted by atomic mass is 35.5. The highest BCUT2D eigenvalue weighted by Gasteiger charge is 2.38. The number of nitrogens with zero attached hydrogens (tertiary/aromatic N) is 3. The number of carbonyl (C=O) groups is 3. The lowest BCUT2D eigenvalue weighted by Gasteiger charge is -2.44. The average Bonchev–Trinajstić information content (AvgIpc) is 3.62. The van der Waals surface area contributed by atoms with Crippen LogP contribution in [0.2, 0.25) is 10.0 Å². The molecule has 0 radical (unpaired) electrons. The number of halogens is 5. The molecule has 7 rings (SSSR count). The number of thiophene rings is 1. The first-order chi connectivity index (χ1) is 26.8. The molecule has 1 N–H and O–H groups in total. The zero-order valence-corrected chi connectivity index (χ0v) is 32.4. The van der Waals surface area contributed by atoms with Crippen molar-refractivity contribution in [3.05, 3.63) is 104 Å². The number of rotatable bonds is 13. The van der Waals surface area contributed by atoms with E-state index in [1.54, 1.807) is 31.4 Å². The first kappa shape index (κ1) is 42.4. The third-order valence-corrected chi connectivity index (χ3v) is 10.6. The molecule has 2 aromatic carbocycles. The number of benzene rings is 2. The molecule has 4 aromatic rings. The Labute approximate surface area is 334 Å². The van der Waals surface area contributed by atoms with E-state index in [0.29, 0.717) is 27.3 Å². The predicted octanol–water partition coefficient (Wildman–Crippen LogP) is 6.85. The molecule has 3 saturated heterocycles. The van der Waals surface area contributed by atoms with Crippen molar-refractivity contribution in [1.29, 1.82) is 0 Å². The van der Waals surface area contributed by atoms with E-state index in [-0.39, 0.29) is 57.8 Å². The van der Waals surface area contributed by atoms with Crippen LogP contribution in [-0.4, -0.2) is 67.1 Å². The van der Waals surface area contributed by atoms with E-state index < -0.39 is 43.2 Å². The van der Waals surface area contributed by atoms with Gasteiger partial charge in [-0.3, -0.25) is 15.0 Å². The summed E-state index contributed by atoms with van der Waals surface area (Å²) in [5.74, 6) is -1.34. The Bertz CT molecular complexity index is 1980. The molecule has 300 valence electrons. The molecule has 1 amide bonds. The predicted molar refractivity (Wildman–Crippen MR) is 197 cm³/mol. The fourth-order valence-electron chi connectivity index (χ4n) is 6.49. The third kappa shape index (κ3) is 11.0. The molecular weight excluding hydrogens is 802 g/mol. The Morgan fingerprint density at radius 1 is 1.07 bits per heavy atom. The number of hydrogen-bond donors (Lipinski definition) is 1. The molecule has 3 fully saturated rings. The Morgan fingerprint density at radius 3 is 2.36 bits per heavy atom. The van der Waals surface area contributed by atoms with E-state index >= 15 is 4.39 Å². The van der Waals surface area contributed by atoms with Gasteiger partial charge in [0, 0.05) is 40.0 Å². The van der Waals surface area contributed by atoms with Crippen molar-refractivity contribution in [3.8, 4) is 11.5 Å². The number of hydrogen-bond acceptors (Lipinski definition) is 11. The molecule has 2 bridgehead atoms. The van der Waals surface area contributed by atoms with Gasteiger partial charge in [-0.25, -0.2) is 14.0 Å². The van der Waals surface area contributed by atoms with Crippen molar-refractivity contribution in [1.82, 2.24) is 4.90 Å². The fourth-order valence-corrected chi connectivity index (χ4v) is 7.94. The van der Waals surface area contributed by atoms with Crippen molar-refractivity contribution in [2.75, 3.05) is 24.5 Å². The van der Waals surface area contributed by atoms with Crippen LogP contribution >= 0.6 is 34.5 Å². The quantitative estimate of drug-likeness (QED) is 0.0658. The Balaban J connectivity index is 0.00000194. The number of aromatic nitrogens is 1. The zero-order valence-electron chi connectivity index (χ0n) is 30.1. The van der Waals surface area contributed by atoms with Crippen molar-refractivity contribution in [2.24, 2.45) is 5.92 Å². The number of pyridine rings is 1. The second kappa shape index (κ2) is 19.4. The first-order valence-electron chi connectivity index (χ1n) is 17.4. The summed E-state index contributed by atoms with van der Waals surface area (Å²) in [6.45, 7) is 2.28. The van der Waals surface area contributed by atoms with Crippen LogP contribution in [0.3, 0.4) is 0 Å². The van der Waals surface area contributed by atoms with E-state index in [0.717, 1.165) is 25.9 Å². The molecular formula is C38H38Cl2F3N3O9S. The molecule has 12 nitrogen and oxygen atoms in total. The zero-order chi connectivity index (χ0) is 40.5. The molecule has 2 aromatic heterocycles.